The minimum Gasteiger partial charge on any atom is -0.450 e. The largest absolute Gasteiger partial charge is 0.450 e. The fourth-order valence-corrected chi connectivity index (χ4v) is 1.57. The molecule has 110 valence electrons. The van der Waals surface area contributed by atoms with E-state index >= 15 is 0 Å². The minimum absolute atomic E-state index is 0.0786. The molecule has 0 radical (unpaired) electrons. The van der Waals surface area contributed by atoms with Crippen molar-refractivity contribution in [3.63, 3.8) is 0 Å². The Kier molecular flexibility index (Phi) is 6.36. The van der Waals surface area contributed by atoms with Gasteiger partial charge in [0.1, 0.15) is 17.5 Å². The van der Waals surface area contributed by atoms with E-state index in [0.29, 0.717) is 4.47 Å². The second-order valence-corrected chi connectivity index (χ2v) is 4.53. The first-order valence-corrected chi connectivity index (χ1v) is 6.57. The predicted octanol–water partition coefficient (Wildman–Crippen LogP) is 2.68. The van der Waals surface area contributed by atoms with Gasteiger partial charge in [0.25, 0.3) is 5.91 Å². The first kappa shape index (κ1) is 16.7. The lowest BCUT2D eigenvalue weighted by Crippen LogP contribution is -2.32. The molecule has 0 atom stereocenters. The first-order chi connectivity index (χ1) is 9.97. The number of nitrogens with one attached hydrogen (secondary N) is 2. The molecule has 0 fully saturated rings. The lowest BCUT2D eigenvalue weighted by Gasteiger charge is -2.05. The van der Waals surface area contributed by atoms with Gasteiger partial charge < -0.3 is 10.1 Å². The van der Waals surface area contributed by atoms with E-state index in [4.69, 9.17) is 5.26 Å². The highest BCUT2D eigenvalue weighted by molar-refractivity contribution is 9.10. The summed E-state index contributed by atoms with van der Waals surface area (Å²) in [7, 11) is 0. The van der Waals surface area contributed by atoms with Crippen LogP contribution in [0.25, 0.3) is 0 Å². The Morgan fingerprint density at radius 2 is 2.24 bits per heavy atom. The maximum Gasteiger partial charge on any atom is 0.414 e. The van der Waals surface area contributed by atoms with Gasteiger partial charge in [-0.15, -0.1) is 0 Å². The molecule has 21 heavy (non-hydrogen) atoms. The molecule has 0 saturated heterocycles. The number of ether oxygens (including phenoxy) is 1. The Balaban J connectivity index is 2.78. The van der Waals surface area contributed by atoms with Crippen molar-refractivity contribution in [3.05, 3.63) is 40.3 Å². The van der Waals surface area contributed by atoms with Gasteiger partial charge in [-0.1, -0.05) is 15.9 Å². The molecule has 0 spiro atoms. The Morgan fingerprint density at radius 1 is 1.52 bits per heavy atom. The van der Waals surface area contributed by atoms with E-state index in [2.05, 4.69) is 26.0 Å². The highest BCUT2D eigenvalue weighted by Gasteiger charge is 2.13. The maximum absolute atomic E-state index is 13.5. The summed E-state index contributed by atoms with van der Waals surface area (Å²) in [5, 5.41) is 13.2. The van der Waals surface area contributed by atoms with E-state index in [-0.39, 0.29) is 12.3 Å². The molecule has 6 nitrogen and oxygen atoms in total. The average molecular weight is 356 g/mol. The number of benzene rings is 1. The van der Waals surface area contributed by atoms with Gasteiger partial charge in [0.05, 0.1) is 12.3 Å². The van der Waals surface area contributed by atoms with E-state index in [1.165, 1.54) is 12.1 Å². The summed E-state index contributed by atoms with van der Waals surface area (Å²) in [5.41, 5.74) is -0.319. The smallest absolute Gasteiger partial charge is 0.414 e. The van der Waals surface area contributed by atoms with Crippen LogP contribution in [0, 0.1) is 17.1 Å². The van der Waals surface area contributed by atoms with Gasteiger partial charge in [-0.2, -0.15) is 5.26 Å². The molecule has 0 aliphatic heterocycles. The summed E-state index contributed by atoms with van der Waals surface area (Å²) in [6.45, 7) is 1.66. The molecule has 8 heteroatoms. The monoisotopic (exact) mass is 355 g/mol. The number of amides is 2. The number of carbonyl (C=O) groups excluding carboxylic acids is 2. The lowest BCUT2D eigenvalue weighted by molar-refractivity contribution is -0.116. The second-order valence-electron chi connectivity index (χ2n) is 3.61. The van der Waals surface area contributed by atoms with Gasteiger partial charge in [-0.25, -0.2) is 9.18 Å². The molecule has 0 aliphatic rings. The molecular formula is C13H11BrFN3O3. The Hall–Kier alpha value is -2.40. The normalized spacial score (nSPS) is 10.5. The van der Waals surface area contributed by atoms with Crippen molar-refractivity contribution >= 4 is 33.6 Å². The Labute approximate surface area is 128 Å². The van der Waals surface area contributed by atoms with Crippen LogP contribution in [-0.2, 0) is 9.53 Å². The standard InChI is InChI=1S/C13H11BrFN3O3/c1-2-21-13(20)18-12(19)8(6-16)7-17-11-4-3-9(14)5-10(11)15/h3-5,7,17H,2H2,1H3,(H,18,19,20)/b8-7-. The molecule has 1 aromatic carbocycles. The number of alkyl carbamates (subject to hydrolysis) is 1. The van der Waals surface area contributed by atoms with Crippen molar-refractivity contribution in [2.45, 2.75) is 6.92 Å². The SMILES string of the molecule is CCOC(=O)NC(=O)/C(C#N)=C\Nc1ccc(Br)cc1F. The van der Waals surface area contributed by atoms with E-state index in [9.17, 15) is 14.0 Å². The molecular weight excluding hydrogens is 345 g/mol. The lowest BCUT2D eigenvalue weighted by atomic mass is 10.2. The number of halogens is 2. The minimum atomic E-state index is -0.960. The van der Waals surface area contributed by atoms with Crippen molar-refractivity contribution in [2.24, 2.45) is 0 Å². The number of anilines is 1. The number of imide groups is 1. The second kappa shape index (κ2) is 8.01. The van der Waals surface area contributed by atoms with Crippen molar-refractivity contribution in [1.82, 2.24) is 5.32 Å². The van der Waals surface area contributed by atoms with E-state index in [1.807, 2.05) is 5.32 Å². The van der Waals surface area contributed by atoms with Crippen molar-refractivity contribution in [1.29, 1.82) is 5.26 Å². The zero-order valence-electron chi connectivity index (χ0n) is 10.9. The summed E-state index contributed by atoms with van der Waals surface area (Å²) in [4.78, 5) is 22.6. The van der Waals surface area contributed by atoms with Gasteiger partial charge in [-0.3, -0.25) is 10.1 Å². The maximum atomic E-state index is 13.5. The zero-order valence-corrected chi connectivity index (χ0v) is 12.5. The van der Waals surface area contributed by atoms with Gasteiger partial charge in [0, 0.05) is 10.7 Å². The Bertz CT molecular complexity index is 626. The number of rotatable bonds is 4. The van der Waals surface area contributed by atoms with Crippen LogP contribution in [0.1, 0.15) is 6.92 Å². The molecule has 0 heterocycles. The van der Waals surface area contributed by atoms with Crippen molar-refractivity contribution in [3.8, 4) is 6.07 Å². The molecule has 0 saturated carbocycles. The molecule has 1 aromatic rings. The third-order valence-corrected chi connectivity index (χ3v) is 2.65. The predicted molar refractivity (Wildman–Crippen MR) is 76.6 cm³/mol. The van der Waals surface area contributed by atoms with Crippen LogP contribution < -0.4 is 10.6 Å². The molecule has 0 aliphatic carbocycles. The third kappa shape index (κ3) is 5.24. The van der Waals surface area contributed by atoms with Gasteiger partial charge in [-0.05, 0) is 25.1 Å². The number of nitrogens with zero attached hydrogens (tertiary/aromatic N) is 1. The van der Waals surface area contributed by atoms with E-state index in [0.717, 1.165) is 6.20 Å². The highest BCUT2D eigenvalue weighted by Crippen LogP contribution is 2.19. The van der Waals surface area contributed by atoms with Crippen molar-refractivity contribution in [2.75, 3.05) is 11.9 Å². The van der Waals surface area contributed by atoms with Crippen LogP contribution in [0.5, 0.6) is 0 Å². The molecule has 0 bridgehead atoms. The van der Waals surface area contributed by atoms with E-state index in [1.54, 1.807) is 19.1 Å². The quantitative estimate of drug-likeness (QED) is 0.639. The average Bonchev–Trinajstić information content (AvgIpc) is 2.41. The van der Waals surface area contributed by atoms with Gasteiger partial charge in [0.2, 0.25) is 0 Å². The fraction of sp³-hybridized carbons (Fsp3) is 0.154. The molecule has 0 unspecified atom stereocenters. The number of carbonyl (C=O) groups is 2. The van der Waals surface area contributed by atoms with Gasteiger partial charge >= 0.3 is 6.09 Å². The van der Waals surface area contributed by atoms with Gasteiger partial charge in [0.15, 0.2) is 0 Å². The summed E-state index contributed by atoms with van der Waals surface area (Å²) >= 11 is 3.10. The molecule has 0 aromatic heterocycles. The number of nitriles is 1. The number of hydrogen-bond donors (Lipinski definition) is 2. The van der Waals surface area contributed by atoms with E-state index < -0.39 is 23.4 Å². The third-order valence-electron chi connectivity index (χ3n) is 2.16. The van der Waals surface area contributed by atoms with Crippen LogP contribution >= 0.6 is 15.9 Å². The van der Waals surface area contributed by atoms with Crippen LogP contribution in [-0.4, -0.2) is 18.6 Å². The summed E-state index contributed by atoms with van der Waals surface area (Å²) < 4.78 is 18.6. The van der Waals surface area contributed by atoms with Crippen LogP contribution in [0.15, 0.2) is 34.4 Å². The summed E-state index contributed by atoms with van der Waals surface area (Å²) in [5.74, 6) is -1.51. The summed E-state index contributed by atoms with van der Waals surface area (Å²) in [6.07, 6.45) is 0.0411. The molecule has 2 amide bonds. The first-order valence-electron chi connectivity index (χ1n) is 5.78. The fourth-order valence-electron chi connectivity index (χ4n) is 1.23. The molecule has 2 N–H and O–H groups in total. The number of hydrogen-bond acceptors (Lipinski definition) is 5. The van der Waals surface area contributed by atoms with Crippen LogP contribution in [0.3, 0.4) is 0 Å². The topological polar surface area (TPSA) is 91.2 Å². The Morgan fingerprint density at radius 3 is 2.81 bits per heavy atom. The van der Waals surface area contributed by atoms with Crippen molar-refractivity contribution < 1.29 is 18.7 Å². The highest BCUT2D eigenvalue weighted by atomic mass is 79.9. The zero-order chi connectivity index (χ0) is 15.8. The summed E-state index contributed by atoms with van der Waals surface area (Å²) in [6, 6.07) is 5.83. The van der Waals surface area contributed by atoms with Crippen LogP contribution in [0.4, 0.5) is 14.9 Å². The van der Waals surface area contributed by atoms with Crippen LogP contribution in [0.2, 0.25) is 0 Å². The molecule has 1 rings (SSSR count).